The Bertz CT molecular complexity index is 1170. The van der Waals surface area contributed by atoms with Crippen molar-refractivity contribution in [2.45, 2.75) is 44.3 Å². The molecule has 5 aliphatic carbocycles. The normalized spacial score (nSPS) is 30.6. The maximum Gasteiger partial charge on any atom is 0.0606 e. The van der Waals surface area contributed by atoms with Crippen LogP contribution < -0.4 is 0 Å². The first-order valence-corrected chi connectivity index (χ1v) is 12.7. The van der Waals surface area contributed by atoms with Crippen LogP contribution in [0.3, 0.4) is 0 Å². The molecule has 0 heterocycles. The molecule has 0 N–H and O–H groups in total. The molecule has 0 amide bonds. The lowest BCUT2D eigenvalue weighted by Crippen LogP contribution is -2.55. The highest BCUT2D eigenvalue weighted by Crippen LogP contribution is 2.69. The Labute approximate surface area is 202 Å². The van der Waals surface area contributed by atoms with E-state index in [9.17, 15) is 0 Å². The zero-order chi connectivity index (χ0) is 22.0. The van der Waals surface area contributed by atoms with Crippen LogP contribution in [-0.4, -0.2) is 7.85 Å². The fraction of sp³-hybridized carbons (Fsp3) is 0.379. The number of benzene rings is 3. The molecule has 0 aromatic heterocycles. The summed E-state index contributed by atoms with van der Waals surface area (Å²) in [6, 6.07) is 22.1. The van der Waals surface area contributed by atoms with Crippen molar-refractivity contribution < 1.29 is 0 Å². The summed E-state index contributed by atoms with van der Waals surface area (Å²) in [5.41, 5.74) is 8.56. The molecule has 3 aromatic carbocycles. The van der Waals surface area contributed by atoms with Crippen LogP contribution in [0.1, 0.15) is 43.2 Å². The van der Waals surface area contributed by atoms with Gasteiger partial charge < -0.3 is 0 Å². The van der Waals surface area contributed by atoms with Crippen LogP contribution >= 0.6 is 23.2 Å². The predicted molar refractivity (Wildman–Crippen MR) is 137 cm³/mol. The van der Waals surface area contributed by atoms with Gasteiger partial charge in [0.05, 0.1) is 7.85 Å². The van der Waals surface area contributed by atoms with Gasteiger partial charge in [0, 0.05) is 15.5 Å². The standard InChI is InChI=1S/C28H24Cl2.CH3B/c29-22-3-1-2-18(13-22)19-4-6-24-25-7-5-23(30)15-27(25)28(26(24)14-19)20-9-16-8-17(11-20)12-21(28)10-16;1-2/h1-7,13-17,20-21H,8-12H2;1H3. The second-order valence-corrected chi connectivity index (χ2v) is 11.0. The Hall–Kier alpha value is -1.70. The van der Waals surface area contributed by atoms with Gasteiger partial charge in [0.1, 0.15) is 0 Å². The molecule has 32 heavy (non-hydrogen) atoms. The van der Waals surface area contributed by atoms with Crippen molar-refractivity contribution >= 4 is 31.0 Å². The van der Waals surface area contributed by atoms with Crippen molar-refractivity contribution in [1.29, 1.82) is 0 Å². The molecule has 0 nitrogen and oxygen atoms in total. The summed E-state index contributed by atoms with van der Waals surface area (Å²) in [4.78, 5) is 0. The van der Waals surface area contributed by atoms with E-state index in [1.165, 1.54) is 66.7 Å². The minimum atomic E-state index is 0.150. The lowest BCUT2D eigenvalue weighted by atomic mass is 9.43. The smallest absolute Gasteiger partial charge is 0.0606 e. The first-order chi connectivity index (χ1) is 15.6. The molecular weight excluding hydrogens is 430 g/mol. The SMILES string of the molecule is Clc1cccc(-c2ccc3c(c2)C2(c4cc(Cl)ccc4-3)C3CC4CC(C3)CC2C4)c1.[B]C. The Morgan fingerprint density at radius 1 is 0.656 bits per heavy atom. The van der Waals surface area contributed by atoms with E-state index in [2.05, 4.69) is 62.4 Å². The summed E-state index contributed by atoms with van der Waals surface area (Å²) < 4.78 is 0. The van der Waals surface area contributed by atoms with Crippen LogP contribution in [-0.2, 0) is 5.41 Å². The van der Waals surface area contributed by atoms with Gasteiger partial charge in [-0.05, 0) is 119 Å². The lowest BCUT2D eigenvalue weighted by molar-refractivity contribution is -0.0399. The molecule has 8 rings (SSSR count). The van der Waals surface area contributed by atoms with Gasteiger partial charge in [-0.2, -0.15) is 0 Å². The van der Waals surface area contributed by atoms with Gasteiger partial charge in [-0.1, -0.05) is 60.4 Å². The number of hydrogen-bond donors (Lipinski definition) is 0. The minimum Gasteiger partial charge on any atom is -0.0999 e. The monoisotopic (exact) mass is 456 g/mol. The van der Waals surface area contributed by atoms with Crippen LogP contribution in [0.25, 0.3) is 22.3 Å². The van der Waals surface area contributed by atoms with E-state index in [1.54, 1.807) is 5.56 Å². The third-order valence-electron chi connectivity index (χ3n) is 8.77. The first-order valence-electron chi connectivity index (χ1n) is 11.9. The van der Waals surface area contributed by atoms with Crippen molar-refractivity contribution in [3.63, 3.8) is 0 Å². The molecule has 0 aliphatic heterocycles. The third-order valence-corrected chi connectivity index (χ3v) is 9.24. The first kappa shape index (κ1) is 20.9. The van der Waals surface area contributed by atoms with E-state index in [0.29, 0.717) is 0 Å². The molecule has 4 bridgehead atoms. The predicted octanol–water partition coefficient (Wildman–Crippen LogP) is 8.59. The summed E-state index contributed by atoms with van der Waals surface area (Å²) in [5.74, 6) is 3.39. The molecule has 0 unspecified atom stereocenters. The molecule has 5 aliphatic rings. The average molecular weight is 457 g/mol. The lowest BCUT2D eigenvalue weighted by Gasteiger charge is -2.61. The third kappa shape index (κ3) is 2.83. The van der Waals surface area contributed by atoms with Gasteiger partial charge in [0.2, 0.25) is 0 Å². The van der Waals surface area contributed by atoms with Crippen LogP contribution in [0.4, 0.5) is 0 Å². The largest absolute Gasteiger partial charge is 0.0999 e. The fourth-order valence-corrected chi connectivity index (χ4v) is 8.38. The van der Waals surface area contributed by atoms with Crippen molar-refractivity contribution in [1.82, 2.24) is 0 Å². The highest BCUT2D eigenvalue weighted by atomic mass is 35.5. The van der Waals surface area contributed by atoms with Crippen molar-refractivity contribution in [3.8, 4) is 22.3 Å². The van der Waals surface area contributed by atoms with Gasteiger partial charge in [0.25, 0.3) is 0 Å². The number of fused-ring (bicyclic) bond motifs is 3. The summed E-state index contributed by atoms with van der Waals surface area (Å²) in [6.45, 7) is 1.50. The van der Waals surface area contributed by atoms with E-state index < -0.39 is 0 Å². The van der Waals surface area contributed by atoms with Gasteiger partial charge in [-0.25, -0.2) is 0 Å². The number of hydrogen-bond acceptors (Lipinski definition) is 0. The maximum absolute atomic E-state index is 6.59. The topological polar surface area (TPSA) is 0 Å². The van der Waals surface area contributed by atoms with Gasteiger partial charge in [-0.15, -0.1) is 0 Å². The second-order valence-electron chi connectivity index (χ2n) is 10.1. The molecular formula is C29H27BCl2. The van der Waals surface area contributed by atoms with E-state index in [-0.39, 0.29) is 5.41 Å². The Balaban J connectivity index is 0.000000953. The van der Waals surface area contributed by atoms with Crippen LogP contribution in [0.2, 0.25) is 16.9 Å². The molecule has 4 saturated carbocycles. The molecule has 3 aromatic rings. The van der Waals surface area contributed by atoms with E-state index >= 15 is 0 Å². The van der Waals surface area contributed by atoms with E-state index in [1.807, 2.05) is 6.07 Å². The van der Waals surface area contributed by atoms with E-state index in [4.69, 9.17) is 23.2 Å². The highest BCUT2D eigenvalue weighted by molar-refractivity contribution is 6.31. The van der Waals surface area contributed by atoms with Crippen molar-refractivity contribution in [2.24, 2.45) is 23.7 Å². The Morgan fingerprint density at radius 2 is 1.22 bits per heavy atom. The second kappa shape index (κ2) is 7.68. The summed E-state index contributed by atoms with van der Waals surface area (Å²) >= 11 is 12.9. The molecule has 0 atom stereocenters. The molecule has 3 heteroatoms. The van der Waals surface area contributed by atoms with Gasteiger partial charge >= 0.3 is 0 Å². The zero-order valence-corrected chi connectivity index (χ0v) is 20.0. The average Bonchev–Trinajstić information content (AvgIpc) is 3.08. The van der Waals surface area contributed by atoms with E-state index in [0.717, 1.165) is 33.7 Å². The molecule has 160 valence electrons. The van der Waals surface area contributed by atoms with Crippen LogP contribution in [0.15, 0.2) is 60.7 Å². The van der Waals surface area contributed by atoms with Crippen LogP contribution in [0, 0.1) is 23.7 Å². The van der Waals surface area contributed by atoms with Crippen LogP contribution in [0.5, 0.6) is 0 Å². The number of halogens is 2. The Morgan fingerprint density at radius 3 is 1.88 bits per heavy atom. The summed E-state index contributed by atoms with van der Waals surface area (Å²) in [5, 5.41) is 1.68. The highest BCUT2D eigenvalue weighted by Gasteiger charge is 2.61. The maximum atomic E-state index is 6.59. The molecule has 0 saturated heterocycles. The zero-order valence-electron chi connectivity index (χ0n) is 18.5. The Kier molecular flexibility index (Phi) is 5.01. The quantitative estimate of drug-likeness (QED) is 0.321. The summed E-state index contributed by atoms with van der Waals surface area (Å²) in [7, 11) is 4.50. The molecule has 4 fully saturated rings. The van der Waals surface area contributed by atoms with Crippen molar-refractivity contribution in [3.05, 3.63) is 81.8 Å². The number of rotatable bonds is 1. The van der Waals surface area contributed by atoms with Gasteiger partial charge in [-0.3, -0.25) is 0 Å². The van der Waals surface area contributed by atoms with Crippen molar-refractivity contribution in [2.75, 3.05) is 0 Å². The molecule has 2 radical (unpaired) electrons. The summed E-state index contributed by atoms with van der Waals surface area (Å²) in [6.07, 6.45) is 7.03. The molecule has 1 spiro atoms. The minimum absolute atomic E-state index is 0.150. The van der Waals surface area contributed by atoms with Gasteiger partial charge in [0.15, 0.2) is 0 Å². The fourth-order valence-electron chi connectivity index (χ4n) is 8.01.